The van der Waals surface area contributed by atoms with Gasteiger partial charge in [-0.15, -0.1) is 0 Å². The molecule has 2 rings (SSSR count). The Morgan fingerprint density at radius 1 is 1.17 bits per heavy atom. The molecule has 23 heavy (non-hydrogen) atoms. The molecule has 132 valence electrons. The van der Waals surface area contributed by atoms with Gasteiger partial charge in [0.25, 0.3) is 0 Å². The zero-order valence-electron chi connectivity index (χ0n) is 15.2. The van der Waals surface area contributed by atoms with Crippen molar-refractivity contribution in [2.75, 3.05) is 26.7 Å². The molecule has 1 atom stereocenters. The molecule has 0 spiro atoms. The maximum atomic E-state index is 12.6. The van der Waals surface area contributed by atoms with Crippen molar-refractivity contribution in [2.45, 2.75) is 70.9 Å². The van der Waals surface area contributed by atoms with Crippen LogP contribution >= 0.6 is 0 Å². The fourth-order valence-corrected chi connectivity index (χ4v) is 4.01. The molecule has 0 radical (unpaired) electrons. The highest BCUT2D eigenvalue weighted by Gasteiger charge is 2.35. The van der Waals surface area contributed by atoms with Crippen LogP contribution in [0.3, 0.4) is 0 Å². The second-order valence-electron chi connectivity index (χ2n) is 8.04. The molecule has 1 saturated carbocycles. The third-order valence-electron chi connectivity index (χ3n) is 5.24. The monoisotopic (exact) mass is 323 g/mol. The summed E-state index contributed by atoms with van der Waals surface area (Å²) in [6.45, 7) is 8.75. The summed E-state index contributed by atoms with van der Waals surface area (Å²) in [5.74, 6) is 0.448. The first-order valence-corrected chi connectivity index (χ1v) is 9.09. The lowest BCUT2D eigenvalue weighted by Crippen LogP contribution is -2.60. The number of carbonyl (C=O) groups is 2. The standard InChI is InChI=1S/C18H33N3O2/c1-14(19-17(23)15-8-6-5-7-9-15)12-16(22)21-11-10-20(4)13-18(21,2)3/h14-15H,5-13H2,1-4H3,(H,19,23). The van der Waals surface area contributed by atoms with Crippen molar-refractivity contribution in [1.29, 1.82) is 0 Å². The molecule has 1 N–H and O–H groups in total. The van der Waals surface area contributed by atoms with Gasteiger partial charge in [-0.3, -0.25) is 9.59 Å². The molecule has 1 heterocycles. The van der Waals surface area contributed by atoms with Crippen molar-refractivity contribution in [1.82, 2.24) is 15.1 Å². The summed E-state index contributed by atoms with van der Waals surface area (Å²) in [6, 6.07) is -0.0904. The Morgan fingerprint density at radius 2 is 1.83 bits per heavy atom. The minimum Gasteiger partial charge on any atom is -0.353 e. The predicted molar refractivity (Wildman–Crippen MR) is 92.1 cm³/mol. The van der Waals surface area contributed by atoms with Crippen LogP contribution in [-0.2, 0) is 9.59 Å². The van der Waals surface area contributed by atoms with Crippen LogP contribution in [0.25, 0.3) is 0 Å². The van der Waals surface area contributed by atoms with Gasteiger partial charge >= 0.3 is 0 Å². The number of amides is 2. The summed E-state index contributed by atoms with van der Waals surface area (Å²) < 4.78 is 0. The summed E-state index contributed by atoms with van der Waals surface area (Å²) >= 11 is 0. The number of rotatable bonds is 4. The first-order chi connectivity index (χ1) is 10.8. The van der Waals surface area contributed by atoms with E-state index in [0.29, 0.717) is 6.42 Å². The Morgan fingerprint density at radius 3 is 2.43 bits per heavy atom. The first-order valence-electron chi connectivity index (χ1n) is 9.09. The lowest BCUT2D eigenvalue weighted by atomic mass is 9.88. The largest absolute Gasteiger partial charge is 0.353 e. The van der Waals surface area contributed by atoms with E-state index >= 15 is 0 Å². The van der Waals surface area contributed by atoms with Crippen molar-refractivity contribution in [3.8, 4) is 0 Å². The van der Waals surface area contributed by atoms with Gasteiger partial charge in [0.1, 0.15) is 0 Å². The number of hydrogen-bond donors (Lipinski definition) is 1. The highest BCUT2D eigenvalue weighted by molar-refractivity contribution is 5.81. The normalized spacial score (nSPS) is 24.3. The van der Waals surface area contributed by atoms with Gasteiger partial charge in [0.05, 0.1) is 0 Å². The van der Waals surface area contributed by atoms with Crippen molar-refractivity contribution >= 4 is 11.8 Å². The van der Waals surface area contributed by atoms with Gasteiger partial charge in [-0.25, -0.2) is 0 Å². The Labute approximate surface area is 140 Å². The number of hydrogen-bond acceptors (Lipinski definition) is 3. The third-order valence-corrected chi connectivity index (χ3v) is 5.24. The van der Waals surface area contributed by atoms with Crippen molar-refractivity contribution in [2.24, 2.45) is 5.92 Å². The summed E-state index contributed by atoms with van der Waals surface area (Å²) in [6.07, 6.45) is 5.94. The molecular weight excluding hydrogens is 290 g/mol. The second kappa shape index (κ2) is 7.65. The number of carbonyl (C=O) groups excluding carboxylic acids is 2. The number of likely N-dealkylation sites (N-methyl/N-ethyl adjacent to an activating group) is 1. The summed E-state index contributed by atoms with van der Waals surface area (Å²) in [5.41, 5.74) is -0.142. The molecule has 2 fully saturated rings. The van der Waals surface area contributed by atoms with E-state index in [0.717, 1.165) is 45.3 Å². The van der Waals surface area contributed by atoms with Crippen LogP contribution in [0.15, 0.2) is 0 Å². The molecule has 1 aliphatic heterocycles. The average molecular weight is 323 g/mol. The molecule has 1 unspecified atom stereocenters. The Kier molecular flexibility index (Phi) is 6.06. The fourth-order valence-electron chi connectivity index (χ4n) is 4.01. The second-order valence-corrected chi connectivity index (χ2v) is 8.04. The molecule has 0 aromatic carbocycles. The Balaban J connectivity index is 1.83. The molecule has 1 saturated heterocycles. The molecule has 5 heteroatoms. The Hall–Kier alpha value is -1.10. The van der Waals surface area contributed by atoms with Gasteiger partial charge in [-0.1, -0.05) is 19.3 Å². The maximum absolute atomic E-state index is 12.6. The highest BCUT2D eigenvalue weighted by atomic mass is 16.2. The molecule has 2 amide bonds. The molecule has 2 aliphatic rings. The van der Waals surface area contributed by atoms with Crippen LogP contribution in [0.2, 0.25) is 0 Å². The smallest absolute Gasteiger partial charge is 0.225 e. The number of piperazine rings is 1. The lowest BCUT2D eigenvalue weighted by Gasteiger charge is -2.46. The van der Waals surface area contributed by atoms with E-state index in [1.165, 1.54) is 6.42 Å². The summed E-state index contributed by atoms with van der Waals surface area (Å²) in [4.78, 5) is 29.2. The zero-order chi connectivity index (χ0) is 17.0. The van der Waals surface area contributed by atoms with Crippen molar-refractivity contribution in [3.63, 3.8) is 0 Å². The van der Waals surface area contributed by atoms with Crippen LogP contribution in [0.5, 0.6) is 0 Å². The van der Waals surface area contributed by atoms with E-state index in [9.17, 15) is 9.59 Å². The van der Waals surface area contributed by atoms with Crippen molar-refractivity contribution < 1.29 is 9.59 Å². The van der Waals surface area contributed by atoms with E-state index in [1.54, 1.807) is 0 Å². The molecular formula is C18H33N3O2. The van der Waals surface area contributed by atoms with Gasteiger partial charge in [0, 0.05) is 43.6 Å². The van der Waals surface area contributed by atoms with E-state index in [1.807, 2.05) is 11.8 Å². The van der Waals surface area contributed by atoms with Crippen LogP contribution < -0.4 is 5.32 Å². The SMILES string of the molecule is CC(CC(=O)N1CCN(C)CC1(C)C)NC(=O)C1CCCCC1. The van der Waals surface area contributed by atoms with Gasteiger partial charge < -0.3 is 15.1 Å². The maximum Gasteiger partial charge on any atom is 0.225 e. The van der Waals surface area contributed by atoms with Crippen molar-refractivity contribution in [3.05, 3.63) is 0 Å². The van der Waals surface area contributed by atoms with E-state index in [2.05, 4.69) is 31.1 Å². The minimum absolute atomic E-state index is 0.0904. The molecule has 0 bridgehead atoms. The highest BCUT2D eigenvalue weighted by Crippen LogP contribution is 2.24. The predicted octanol–water partition coefficient (Wildman–Crippen LogP) is 2.01. The van der Waals surface area contributed by atoms with Gasteiger partial charge in [-0.2, -0.15) is 0 Å². The molecule has 1 aliphatic carbocycles. The summed E-state index contributed by atoms with van der Waals surface area (Å²) in [5, 5.41) is 3.06. The van der Waals surface area contributed by atoms with E-state index in [-0.39, 0.29) is 29.3 Å². The fraction of sp³-hybridized carbons (Fsp3) is 0.889. The first kappa shape index (κ1) is 18.2. The van der Waals surface area contributed by atoms with Gasteiger partial charge in [0.15, 0.2) is 0 Å². The van der Waals surface area contributed by atoms with E-state index < -0.39 is 0 Å². The van der Waals surface area contributed by atoms with Gasteiger partial charge in [-0.05, 0) is 40.7 Å². The molecule has 5 nitrogen and oxygen atoms in total. The molecule has 0 aromatic heterocycles. The quantitative estimate of drug-likeness (QED) is 0.861. The third kappa shape index (κ3) is 4.93. The Bertz CT molecular complexity index is 430. The molecule has 0 aromatic rings. The van der Waals surface area contributed by atoms with Gasteiger partial charge in [0.2, 0.25) is 11.8 Å². The zero-order valence-corrected chi connectivity index (χ0v) is 15.2. The van der Waals surface area contributed by atoms with Crippen LogP contribution in [-0.4, -0.2) is 59.9 Å². The topological polar surface area (TPSA) is 52.7 Å². The van der Waals surface area contributed by atoms with Crippen LogP contribution in [0, 0.1) is 5.92 Å². The lowest BCUT2D eigenvalue weighted by molar-refractivity contribution is -0.140. The number of nitrogens with one attached hydrogen (secondary N) is 1. The minimum atomic E-state index is -0.142. The van der Waals surface area contributed by atoms with Crippen LogP contribution in [0.1, 0.15) is 59.3 Å². The van der Waals surface area contributed by atoms with E-state index in [4.69, 9.17) is 0 Å². The van der Waals surface area contributed by atoms with Crippen LogP contribution in [0.4, 0.5) is 0 Å². The summed E-state index contributed by atoms with van der Waals surface area (Å²) in [7, 11) is 2.09. The average Bonchev–Trinajstić information content (AvgIpc) is 2.46. The number of nitrogens with zero attached hydrogens (tertiary/aromatic N) is 2.